The van der Waals surface area contributed by atoms with Crippen LogP contribution in [-0.4, -0.2) is 39.4 Å². The van der Waals surface area contributed by atoms with Crippen molar-refractivity contribution in [3.8, 4) is 5.75 Å². The number of nitrogens with zero attached hydrogens (tertiary/aromatic N) is 1. The summed E-state index contributed by atoms with van der Waals surface area (Å²) in [6.07, 6.45) is 0. The van der Waals surface area contributed by atoms with Crippen molar-refractivity contribution >= 4 is 15.9 Å². The van der Waals surface area contributed by atoms with E-state index in [0.717, 1.165) is 0 Å². The van der Waals surface area contributed by atoms with Gasteiger partial charge in [0, 0.05) is 25.2 Å². The van der Waals surface area contributed by atoms with Crippen molar-refractivity contribution in [3.05, 3.63) is 59.4 Å². The Hall–Kier alpha value is -2.45. The van der Waals surface area contributed by atoms with Gasteiger partial charge in [0.2, 0.25) is 10.0 Å². The molecule has 2 aromatic rings. The summed E-state index contributed by atoms with van der Waals surface area (Å²) in [6.45, 7) is 4.32. The SMILES string of the molecule is CCNS(=O)(=O)c1cccc(C(=O)N(CC)Cc2ccc(OC)c(F)c2)c1. The van der Waals surface area contributed by atoms with Crippen molar-refractivity contribution in [1.82, 2.24) is 9.62 Å². The maximum absolute atomic E-state index is 13.9. The molecule has 0 unspecified atom stereocenters. The highest BCUT2D eigenvalue weighted by Gasteiger charge is 2.19. The Kier molecular flexibility index (Phi) is 6.92. The van der Waals surface area contributed by atoms with Crippen LogP contribution in [0.2, 0.25) is 0 Å². The number of methoxy groups -OCH3 is 1. The molecule has 0 aliphatic rings. The van der Waals surface area contributed by atoms with Crippen LogP contribution >= 0.6 is 0 Å². The zero-order chi connectivity index (χ0) is 20.0. The zero-order valence-corrected chi connectivity index (χ0v) is 16.3. The summed E-state index contributed by atoms with van der Waals surface area (Å²) < 4.78 is 45.5. The van der Waals surface area contributed by atoms with Crippen LogP contribution in [0.3, 0.4) is 0 Å². The standard InChI is InChI=1S/C19H23FN2O4S/c1-4-21-27(24,25)16-8-6-7-15(12-16)19(23)22(5-2)13-14-9-10-18(26-3)17(20)11-14/h6-12,21H,4-5,13H2,1-3H3. The van der Waals surface area contributed by atoms with E-state index in [2.05, 4.69) is 4.72 Å². The number of amides is 1. The number of sulfonamides is 1. The second kappa shape index (κ2) is 8.96. The van der Waals surface area contributed by atoms with Crippen LogP contribution in [0.25, 0.3) is 0 Å². The highest BCUT2D eigenvalue weighted by Crippen LogP contribution is 2.20. The van der Waals surface area contributed by atoms with Crippen LogP contribution in [0.5, 0.6) is 5.75 Å². The van der Waals surface area contributed by atoms with E-state index in [4.69, 9.17) is 4.74 Å². The fourth-order valence-corrected chi connectivity index (χ4v) is 3.69. The minimum atomic E-state index is -3.66. The Labute approximate surface area is 159 Å². The van der Waals surface area contributed by atoms with Gasteiger partial charge in [0.15, 0.2) is 11.6 Å². The smallest absolute Gasteiger partial charge is 0.254 e. The van der Waals surface area contributed by atoms with Gasteiger partial charge in [0.1, 0.15) is 0 Å². The highest BCUT2D eigenvalue weighted by atomic mass is 32.2. The Morgan fingerprint density at radius 3 is 2.52 bits per heavy atom. The predicted molar refractivity (Wildman–Crippen MR) is 101 cm³/mol. The average molecular weight is 394 g/mol. The predicted octanol–water partition coefficient (Wildman–Crippen LogP) is 2.79. The Morgan fingerprint density at radius 2 is 1.93 bits per heavy atom. The van der Waals surface area contributed by atoms with Gasteiger partial charge in [-0.05, 0) is 42.8 Å². The van der Waals surface area contributed by atoms with Crippen LogP contribution in [0, 0.1) is 5.82 Å². The van der Waals surface area contributed by atoms with E-state index in [1.165, 1.54) is 42.3 Å². The lowest BCUT2D eigenvalue weighted by Gasteiger charge is -2.21. The van der Waals surface area contributed by atoms with Gasteiger partial charge in [0.25, 0.3) is 5.91 Å². The number of hydrogen-bond donors (Lipinski definition) is 1. The summed E-state index contributed by atoms with van der Waals surface area (Å²) in [6, 6.07) is 10.4. The molecular weight excluding hydrogens is 371 g/mol. The van der Waals surface area contributed by atoms with Gasteiger partial charge in [-0.15, -0.1) is 0 Å². The molecule has 0 bridgehead atoms. The van der Waals surface area contributed by atoms with Crippen molar-refractivity contribution in [1.29, 1.82) is 0 Å². The summed E-state index contributed by atoms with van der Waals surface area (Å²) in [5.41, 5.74) is 0.865. The molecule has 0 saturated heterocycles. The first-order valence-electron chi connectivity index (χ1n) is 8.53. The van der Waals surface area contributed by atoms with Gasteiger partial charge >= 0.3 is 0 Å². The Balaban J connectivity index is 2.25. The number of ether oxygens (including phenoxy) is 1. The Bertz CT molecular complexity index is 916. The molecule has 2 rings (SSSR count). The summed E-state index contributed by atoms with van der Waals surface area (Å²) in [4.78, 5) is 14.4. The van der Waals surface area contributed by atoms with E-state index in [9.17, 15) is 17.6 Å². The van der Waals surface area contributed by atoms with E-state index in [1.807, 2.05) is 0 Å². The number of benzene rings is 2. The van der Waals surface area contributed by atoms with Crippen molar-refractivity contribution in [3.63, 3.8) is 0 Å². The molecule has 0 fully saturated rings. The lowest BCUT2D eigenvalue weighted by Crippen LogP contribution is -2.30. The van der Waals surface area contributed by atoms with Crippen LogP contribution in [0.4, 0.5) is 4.39 Å². The second-order valence-electron chi connectivity index (χ2n) is 5.82. The third-order valence-electron chi connectivity index (χ3n) is 3.98. The second-order valence-corrected chi connectivity index (χ2v) is 7.58. The number of nitrogens with one attached hydrogen (secondary N) is 1. The van der Waals surface area contributed by atoms with Gasteiger partial charge in [-0.25, -0.2) is 17.5 Å². The first kappa shape index (κ1) is 20.9. The highest BCUT2D eigenvalue weighted by molar-refractivity contribution is 7.89. The molecule has 0 aromatic heterocycles. The largest absolute Gasteiger partial charge is 0.494 e. The third kappa shape index (κ3) is 5.05. The normalized spacial score (nSPS) is 11.3. The minimum Gasteiger partial charge on any atom is -0.494 e. The van der Waals surface area contributed by atoms with Crippen molar-refractivity contribution in [2.24, 2.45) is 0 Å². The Morgan fingerprint density at radius 1 is 1.19 bits per heavy atom. The topological polar surface area (TPSA) is 75.7 Å². The summed E-state index contributed by atoms with van der Waals surface area (Å²) in [5, 5.41) is 0. The third-order valence-corrected chi connectivity index (χ3v) is 5.53. The maximum Gasteiger partial charge on any atom is 0.254 e. The van der Waals surface area contributed by atoms with Crippen LogP contribution in [0.1, 0.15) is 29.8 Å². The van der Waals surface area contributed by atoms with Crippen molar-refractivity contribution in [2.45, 2.75) is 25.3 Å². The molecule has 8 heteroatoms. The minimum absolute atomic E-state index is 0.0294. The van der Waals surface area contributed by atoms with Crippen LogP contribution in [0.15, 0.2) is 47.4 Å². The molecule has 0 atom stereocenters. The first-order valence-corrected chi connectivity index (χ1v) is 10.0. The van der Waals surface area contributed by atoms with Crippen LogP contribution < -0.4 is 9.46 Å². The van der Waals surface area contributed by atoms with Gasteiger partial charge in [-0.2, -0.15) is 0 Å². The molecule has 27 heavy (non-hydrogen) atoms. The lowest BCUT2D eigenvalue weighted by atomic mass is 10.1. The van der Waals surface area contributed by atoms with E-state index >= 15 is 0 Å². The monoisotopic (exact) mass is 394 g/mol. The number of halogens is 1. The van der Waals surface area contributed by atoms with Crippen molar-refractivity contribution in [2.75, 3.05) is 20.2 Å². The van der Waals surface area contributed by atoms with Gasteiger partial charge < -0.3 is 9.64 Å². The maximum atomic E-state index is 13.9. The number of carbonyl (C=O) groups is 1. The lowest BCUT2D eigenvalue weighted by molar-refractivity contribution is 0.0752. The molecule has 0 aliphatic carbocycles. The number of rotatable bonds is 8. The number of hydrogen-bond acceptors (Lipinski definition) is 4. The molecule has 0 saturated carbocycles. The van der Waals surface area contributed by atoms with Crippen molar-refractivity contribution < 1.29 is 22.3 Å². The fraction of sp³-hybridized carbons (Fsp3) is 0.316. The fourth-order valence-electron chi connectivity index (χ4n) is 2.61. The molecule has 1 amide bonds. The molecule has 6 nitrogen and oxygen atoms in total. The molecular formula is C19H23FN2O4S. The molecule has 146 valence electrons. The zero-order valence-electron chi connectivity index (χ0n) is 15.5. The number of carbonyl (C=O) groups excluding carboxylic acids is 1. The van der Waals surface area contributed by atoms with Crippen LogP contribution in [-0.2, 0) is 16.6 Å². The summed E-state index contributed by atoms with van der Waals surface area (Å²) in [5.74, 6) is -0.700. The molecule has 0 radical (unpaired) electrons. The van der Waals surface area contributed by atoms with E-state index in [-0.39, 0.29) is 35.2 Å². The quantitative estimate of drug-likeness (QED) is 0.747. The average Bonchev–Trinajstić information content (AvgIpc) is 2.65. The molecule has 0 heterocycles. The molecule has 0 spiro atoms. The molecule has 0 aliphatic heterocycles. The van der Waals surface area contributed by atoms with Gasteiger partial charge in [-0.1, -0.05) is 19.1 Å². The van der Waals surface area contributed by atoms with E-state index in [1.54, 1.807) is 26.0 Å². The first-order chi connectivity index (χ1) is 12.8. The van der Waals surface area contributed by atoms with Gasteiger partial charge in [0.05, 0.1) is 12.0 Å². The molecule has 1 N–H and O–H groups in total. The van der Waals surface area contributed by atoms with E-state index in [0.29, 0.717) is 12.1 Å². The van der Waals surface area contributed by atoms with E-state index < -0.39 is 15.8 Å². The van der Waals surface area contributed by atoms with Gasteiger partial charge in [-0.3, -0.25) is 4.79 Å². The molecule has 2 aromatic carbocycles. The summed E-state index contributed by atoms with van der Waals surface area (Å²) >= 11 is 0. The summed E-state index contributed by atoms with van der Waals surface area (Å²) in [7, 11) is -2.27.